The van der Waals surface area contributed by atoms with Gasteiger partial charge >= 0.3 is 11.9 Å². The molecule has 0 unspecified atom stereocenters. The highest BCUT2D eigenvalue weighted by atomic mass is 16.5. The molecule has 0 saturated heterocycles. The second kappa shape index (κ2) is 32.3. The Kier molecular flexibility index (Phi) is 31.1. The lowest BCUT2D eigenvalue weighted by Crippen LogP contribution is -2.42. The Hall–Kier alpha value is -1.59. The summed E-state index contributed by atoms with van der Waals surface area (Å²) in [5.74, 6) is -2.06. The number of hydrogen-bond donors (Lipinski definition) is 2. The van der Waals surface area contributed by atoms with Gasteiger partial charge in [0.05, 0.1) is 13.0 Å². The van der Waals surface area contributed by atoms with Gasteiger partial charge in [-0.1, -0.05) is 174 Å². The maximum Gasteiger partial charge on any atom is 0.326 e. The predicted molar refractivity (Wildman–Crippen MR) is 176 cm³/mol. The van der Waals surface area contributed by atoms with Crippen LogP contribution in [0.5, 0.6) is 0 Å². The summed E-state index contributed by atoms with van der Waals surface area (Å²) in [6.45, 7) is 4.80. The molecular formula is C36H69NO5. The molecule has 0 aliphatic carbocycles. The number of carboxylic acids is 1. The van der Waals surface area contributed by atoms with Crippen molar-refractivity contribution in [2.24, 2.45) is 0 Å². The number of nitrogens with one attached hydrogen (secondary N) is 1. The highest BCUT2D eigenvalue weighted by Crippen LogP contribution is 2.15. The minimum Gasteiger partial charge on any atom is -0.480 e. The van der Waals surface area contributed by atoms with Gasteiger partial charge < -0.3 is 15.2 Å². The number of unbranched alkanes of at least 4 members (excludes halogenated alkanes) is 25. The maximum absolute atomic E-state index is 12.2. The molecule has 2 N–H and O–H groups in total. The summed E-state index contributed by atoms with van der Waals surface area (Å²) in [5.41, 5.74) is 0. The lowest BCUT2D eigenvalue weighted by molar-refractivity contribution is -0.150. The highest BCUT2D eigenvalue weighted by molar-refractivity contribution is 5.87. The molecule has 0 fully saturated rings. The molecule has 1 atom stereocenters. The third-order valence-corrected chi connectivity index (χ3v) is 8.27. The Labute approximate surface area is 259 Å². The molecule has 0 aliphatic heterocycles. The van der Waals surface area contributed by atoms with Gasteiger partial charge in [0.2, 0.25) is 5.91 Å². The highest BCUT2D eigenvalue weighted by Gasteiger charge is 2.23. The Bertz CT molecular complexity index is 624. The zero-order valence-electron chi connectivity index (χ0n) is 27.9. The maximum atomic E-state index is 12.2. The van der Waals surface area contributed by atoms with Crippen molar-refractivity contribution in [3.05, 3.63) is 0 Å². The zero-order valence-corrected chi connectivity index (χ0v) is 27.9. The van der Waals surface area contributed by atoms with E-state index in [1.807, 2.05) is 0 Å². The molecule has 0 spiro atoms. The molecule has 0 rings (SSSR count). The van der Waals surface area contributed by atoms with Gasteiger partial charge in [0, 0.05) is 6.42 Å². The fourth-order valence-corrected chi connectivity index (χ4v) is 5.48. The van der Waals surface area contributed by atoms with Gasteiger partial charge in [-0.05, 0) is 12.8 Å². The average molecular weight is 596 g/mol. The zero-order chi connectivity index (χ0) is 30.9. The summed E-state index contributed by atoms with van der Waals surface area (Å²) in [5, 5.41) is 11.9. The predicted octanol–water partition coefficient (Wildman–Crippen LogP) is 10.5. The van der Waals surface area contributed by atoms with Crippen molar-refractivity contribution in [2.45, 2.75) is 206 Å². The standard InChI is InChI=1S/C36H69NO5/c1-3-5-7-9-11-13-14-15-16-17-18-19-20-21-23-25-27-29-31-42-35(39)32-33(36(40)41)37-34(38)30-28-26-24-22-12-10-8-6-4-2/h33H,3-32H2,1-2H3,(H,37,38)(H,40,41)/t33-/m0/s1. The largest absolute Gasteiger partial charge is 0.480 e. The summed E-state index contributed by atoms with van der Waals surface area (Å²) >= 11 is 0. The van der Waals surface area contributed by atoms with Crippen LogP contribution in [-0.2, 0) is 19.1 Å². The molecule has 1 amide bonds. The molecule has 0 heterocycles. The van der Waals surface area contributed by atoms with Crippen molar-refractivity contribution >= 4 is 17.8 Å². The molecule has 6 nitrogen and oxygen atoms in total. The van der Waals surface area contributed by atoms with Gasteiger partial charge in [-0.25, -0.2) is 4.79 Å². The monoisotopic (exact) mass is 596 g/mol. The molecule has 0 aromatic rings. The second-order valence-corrected chi connectivity index (χ2v) is 12.5. The molecule has 0 radical (unpaired) electrons. The molecule has 6 heteroatoms. The third kappa shape index (κ3) is 29.9. The quantitative estimate of drug-likeness (QED) is 0.0581. The van der Waals surface area contributed by atoms with E-state index in [4.69, 9.17) is 4.74 Å². The van der Waals surface area contributed by atoms with Crippen molar-refractivity contribution in [2.75, 3.05) is 6.61 Å². The van der Waals surface area contributed by atoms with E-state index in [1.54, 1.807) is 0 Å². The molecule has 0 bridgehead atoms. The molecule has 0 saturated carbocycles. The Morgan fingerprint density at radius 3 is 1.21 bits per heavy atom. The topological polar surface area (TPSA) is 92.7 Å². The number of carbonyl (C=O) groups excluding carboxylic acids is 2. The van der Waals surface area contributed by atoms with E-state index < -0.39 is 18.0 Å². The van der Waals surface area contributed by atoms with E-state index in [-0.39, 0.29) is 12.3 Å². The van der Waals surface area contributed by atoms with Crippen LogP contribution in [0, 0.1) is 0 Å². The van der Waals surface area contributed by atoms with Gasteiger partial charge in [-0.15, -0.1) is 0 Å². The van der Waals surface area contributed by atoms with Crippen LogP contribution in [0.15, 0.2) is 0 Å². The van der Waals surface area contributed by atoms with E-state index in [2.05, 4.69) is 19.2 Å². The number of esters is 1. The number of aliphatic carboxylic acids is 1. The van der Waals surface area contributed by atoms with E-state index in [1.165, 1.54) is 135 Å². The molecule has 0 aliphatic rings. The number of hydrogen-bond acceptors (Lipinski definition) is 4. The first-order chi connectivity index (χ1) is 20.5. The van der Waals surface area contributed by atoms with Crippen molar-refractivity contribution in [3.63, 3.8) is 0 Å². The van der Waals surface area contributed by atoms with Crippen LogP contribution in [0.1, 0.15) is 200 Å². The van der Waals surface area contributed by atoms with Crippen molar-refractivity contribution in [1.82, 2.24) is 5.32 Å². The van der Waals surface area contributed by atoms with Crippen LogP contribution < -0.4 is 5.32 Å². The number of ether oxygens (including phenoxy) is 1. The third-order valence-electron chi connectivity index (χ3n) is 8.27. The molecule has 42 heavy (non-hydrogen) atoms. The second-order valence-electron chi connectivity index (χ2n) is 12.5. The molecule has 0 aromatic carbocycles. The average Bonchev–Trinajstić information content (AvgIpc) is 2.97. The van der Waals surface area contributed by atoms with Gasteiger partial charge in [0.1, 0.15) is 6.04 Å². The van der Waals surface area contributed by atoms with Crippen LogP contribution in [0.25, 0.3) is 0 Å². The van der Waals surface area contributed by atoms with Gasteiger partial charge in [0.25, 0.3) is 0 Å². The first-order valence-electron chi connectivity index (χ1n) is 18.2. The first-order valence-corrected chi connectivity index (χ1v) is 18.2. The van der Waals surface area contributed by atoms with Crippen LogP contribution in [0.3, 0.4) is 0 Å². The number of carbonyl (C=O) groups is 3. The van der Waals surface area contributed by atoms with Crippen LogP contribution in [0.2, 0.25) is 0 Å². The Morgan fingerprint density at radius 1 is 0.524 bits per heavy atom. The fraction of sp³-hybridized carbons (Fsp3) is 0.917. The van der Waals surface area contributed by atoms with Crippen molar-refractivity contribution < 1.29 is 24.2 Å². The molecule has 0 aromatic heterocycles. The smallest absolute Gasteiger partial charge is 0.326 e. The lowest BCUT2D eigenvalue weighted by atomic mass is 10.0. The van der Waals surface area contributed by atoms with Crippen LogP contribution in [-0.4, -0.2) is 35.6 Å². The minimum absolute atomic E-state index is 0.300. The van der Waals surface area contributed by atoms with Crippen LogP contribution >= 0.6 is 0 Å². The minimum atomic E-state index is -1.22. The van der Waals surface area contributed by atoms with Gasteiger partial charge in [0.15, 0.2) is 0 Å². The normalized spacial score (nSPS) is 11.9. The Balaban J connectivity index is 3.59. The van der Waals surface area contributed by atoms with E-state index in [9.17, 15) is 19.5 Å². The van der Waals surface area contributed by atoms with Crippen molar-refractivity contribution in [1.29, 1.82) is 0 Å². The van der Waals surface area contributed by atoms with Gasteiger partial charge in [-0.3, -0.25) is 9.59 Å². The number of carboxylic acid groups (broad SMARTS) is 1. The Morgan fingerprint density at radius 2 is 0.857 bits per heavy atom. The number of rotatable bonds is 33. The summed E-state index contributed by atoms with van der Waals surface area (Å²) in [4.78, 5) is 35.8. The summed E-state index contributed by atoms with van der Waals surface area (Å²) < 4.78 is 5.24. The van der Waals surface area contributed by atoms with E-state index in [0.717, 1.165) is 38.5 Å². The van der Waals surface area contributed by atoms with Crippen LogP contribution in [0.4, 0.5) is 0 Å². The summed E-state index contributed by atoms with van der Waals surface area (Å²) in [7, 11) is 0. The fourth-order valence-electron chi connectivity index (χ4n) is 5.48. The van der Waals surface area contributed by atoms with Crippen molar-refractivity contribution in [3.8, 4) is 0 Å². The summed E-state index contributed by atoms with van der Waals surface area (Å²) in [6, 6.07) is -1.22. The summed E-state index contributed by atoms with van der Waals surface area (Å²) in [6.07, 6.45) is 33.9. The SMILES string of the molecule is CCCCCCCCCCCCCCCCCCCCOC(=O)C[C@H](NC(=O)CCCCCCCCCCC)C(=O)O. The van der Waals surface area contributed by atoms with E-state index in [0.29, 0.717) is 13.0 Å². The molecule has 248 valence electrons. The molecular weight excluding hydrogens is 526 g/mol. The van der Waals surface area contributed by atoms with Gasteiger partial charge in [-0.2, -0.15) is 0 Å². The number of amides is 1. The van der Waals surface area contributed by atoms with E-state index >= 15 is 0 Å². The lowest BCUT2D eigenvalue weighted by Gasteiger charge is -2.14. The first kappa shape index (κ1) is 40.4.